The second kappa shape index (κ2) is 7.17. The fraction of sp³-hybridized carbons (Fsp3) is 0.211. The van der Waals surface area contributed by atoms with Gasteiger partial charge in [-0.3, -0.25) is 4.79 Å². The van der Waals surface area contributed by atoms with Crippen LogP contribution in [0.2, 0.25) is 0 Å². The monoisotopic (exact) mass is 336 g/mol. The van der Waals surface area contributed by atoms with Gasteiger partial charge in [0.15, 0.2) is 12.4 Å². The number of carbonyl (C=O) groups is 1. The van der Waals surface area contributed by atoms with E-state index < -0.39 is 0 Å². The van der Waals surface area contributed by atoms with Gasteiger partial charge in [-0.2, -0.15) is 0 Å². The number of anilines is 1. The van der Waals surface area contributed by atoms with Crippen molar-refractivity contribution in [2.45, 2.75) is 13.8 Å². The Kier molecular flexibility index (Phi) is 4.79. The first kappa shape index (κ1) is 16.7. The van der Waals surface area contributed by atoms with Crippen LogP contribution in [-0.4, -0.2) is 27.3 Å². The largest absolute Gasteiger partial charge is 0.483 e. The molecule has 3 aromatic rings. The van der Waals surface area contributed by atoms with E-state index in [0.717, 1.165) is 22.5 Å². The third kappa shape index (κ3) is 4.03. The van der Waals surface area contributed by atoms with E-state index in [1.807, 2.05) is 67.9 Å². The van der Waals surface area contributed by atoms with E-state index in [1.165, 1.54) is 0 Å². The van der Waals surface area contributed by atoms with Gasteiger partial charge in [-0.15, -0.1) is 10.2 Å². The minimum atomic E-state index is -0.213. The lowest BCUT2D eigenvalue weighted by molar-refractivity contribution is -0.118. The molecule has 0 bridgehead atoms. The highest BCUT2D eigenvalue weighted by Crippen LogP contribution is 2.21. The van der Waals surface area contributed by atoms with Gasteiger partial charge in [0.25, 0.3) is 5.91 Å². The van der Waals surface area contributed by atoms with E-state index in [1.54, 1.807) is 6.33 Å². The first-order valence-electron chi connectivity index (χ1n) is 7.97. The molecule has 0 atom stereocenters. The number of amides is 1. The van der Waals surface area contributed by atoms with E-state index in [9.17, 15) is 4.79 Å². The number of aromatic nitrogens is 3. The molecule has 0 aliphatic carbocycles. The highest BCUT2D eigenvalue weighted by molar-refractivity contribution is 5.92. The normalized spacial score (nSPS) is 10.5. The van der Waals surface area contributed by atoms with Crippen molar-refractivity contribution >= 4 is 11.6 Å². The Morgan fingerprint density at radius 2 is 2.04 bits per heavy atom. The van der Waals surface area contributed by atoms with Crippen LogP contribution in [0, 0.1) is 13.8 Å². The maximum absolute atomic E-state index is 12.2. The Balaban J connectivity index is 1.64. The van der Waals surface area contributed by atoms with Crippen LogP contribution in [0.4, 0.5) is 5.69 Å². The number of hydrogen-bond acceptors (Lipinski definition) is 4. The molecule has 1 heterocycles. The maximum atomic E-state index is 12.2. The Hall–Kier alpha value is -3.15. The quantitative estimate of drug-likeness (QED) is 0.777. The van der Waals surface area contributed by atoms with Crippen LogP contribution in [0.5, 0.6) is 5.75 Å². The molecule has 0 spiro atoms. The molecule has 1 N–H and O–H groups in total. The number of ether oxygens (including phenoxy) is 1. The Morgan fingerprint density at radius 1 is 1.20 bits per heavy atom. The molecule has 0 radical (unpaired) electrons. The molecule has 0 unspecified atom stereocenters. The number of hydrogen-bond donors (Lipinski definition) is 1. The van der Waals surface area contributed by atoms with Crippen molar-refractivity contribution < 1.29 is 9.53 Å². The van der Waals surface area contributed by atoms with Crippen molar-refractivity contribution in [3.63, 3.8) is 0 Å². The van der Waals surface area contributed by atoms with Crippen LogP contribution < -0.4 is 10.1 Å². The van der Waals surface area contributed by atoms with Crippen molar-refractivity contribution in [3.8, 4) is 17.1 Å². The summed E-state index contributed by atoms with van der Waals surface area (Å²) < 4.78 is 7.43. The van der Waals surface area contributed by atoms with Gasteiger partial charge in [-0.25, -0.2) is 0 Å². The van der Waals surface area contributed by atoms with E-state index in [0.29, 0.717) is 11.4 Å². The van der Waals surface area contributed by atoms with E-state index in [2.05, 4.69) is 15.5 Å². The summed E-state index contributed by atoms with van der Waals surface area (Å²) in [6.07, 6.45) is 1.64. The molecule has 1 aromatic heterocycles. The van der Waals surface area contributed by atoms with Crippen molar-refractivity contribution in [2.75, 3.05) is 11.9 Å². The summed E-state index contributed by atoms with van der Waals surface area (Å²) >= 11 is 0. The number of benzene rings is 2. The summed E-state index contributed by atoms with van der Waals surface area (Å²) in [4.78, 5) is 12.2. The summed E-state index contributed by atoms with van der Waals surface area (Å²) in [5.41, 5.74) is 3.75. The summed E-state index contributed by atoms with van der Waals surface area (Å²) in [7, 11) is 1.87. The fourth-order valence-corrected chi connectivity index (χ4v) is 2.58. The zero-order valence-electron chi connectivity index (χ0n) is 14.5. The van der Waals surface area contributed by atoms with Crippen molar-refractivity contribution in [1.82, 2.24) is 14.8 Å². The predicted molar refractivity (Wildman–Crippen MR) is 96.5 cm³/mol. The van der Waals surface area contributed by atoms with E-state index in [4.69, 9.17) is 4.74 Å². The molecule has 0 fully saturated rings. The molecule has 3 rings (SSSR count). The molecule has 0 saturated carbocycles. The van der Waals surface area contributed by atoms with Gasteiger partial charge >= 0.3 is 0 Å². The minimum absolute atomic E-state index is 0.0436. The average Bonchev–Trinajstić information content (AvgIpc) is 3.00. The molecule has 6 nitrogen and oxygen atoms in total. The predicted octanol–water partition coefficient (Wildman–Crippen LogP) is 3.12. The Bertz CT molecular complexity index is 902. The fourth-order valence-electron chi connectivity index (χ4n) is 2.58. The average molecular weight is 336 g/mol. The van der Waals surface area contributed by atoms with Gasteiger partial charge < -0.3 is 14.6 Å². The van der Waals surface area contributed by atoms with Crippen molar-refractivity contribution in [2.24, 2.45) is 7.05 Å². The first-order chi connectivity index (χ1) is 12.0. The van der Waals surface area contributed by atoms with Crippen LogP contribution in [-0.2, 0) is 11.8 Å². The van der Waals surface area contributed by atoms with Crippen LogP contribution in [0.1, 0.15) is 11.1 Å². The van der Waals surface area contributed by atoms with Gasteiger partial charge in [0.1, 0.15) is 12.1 Å². The van der Waals surface area contributed by atoms with Gasteiger partial charge in [0, 0.05) is 18.3 Å². The SMILES string of the molecule is Cc1ccc(OCC(=O)Nc2cccc(-c3nncn3C)c2)c(C)c1. The van der Waals surface area contributed by atoms with Gasteiger partial charge in [-0.1, -0.05) is 29.8 Å². The van der Waals surface area contributed by atoms with Crippen LogP contribution in [0.25, 0.3) is 11.4 Å². The first-order valence-corrected chi connectivity index (χ1v) is 7.97. The lowest BCUT2D eigenvalue weighted by atomic mass is 10.1. The number of rotatable bonds is 5. The van der Waals surface area contributed by atoms with Gasteiger partial charge in [0.05, 0.1) is 0 Å². The molecule has 2 aromatic carbocycles. The van der Waals surface area contributed by atoms with Crippen LogP contribution in [0.15, 0.2) is 48.8 Å². The third-order valence-electron chi connectivity index (χ3n) is 3.81. The lowest BCUT2D eigenvalue weighted by Gasteiger charge is -2.11. The molecular formula is C19H20N4O2. The molecular weight excluding hydrogens is 316 g/mol. The highest BCUT2D eigenvalue weighted by Gasteiger charge is 2.08. The lowest BCUT2D eigenvalue weighted by Crippen LogP contribution is -2.20. The van der Waals surface area contributed by atoms with Crippen molar-refractivity contribution in [3.05, 3.63) is 59.9 Å². The number of carbonyl (C=O) groups excluding carboxylic acids is 1. The maximum Gasteiger partial charge on any atom is 0.262 e. The van der Waals surface area contributed by atoms with E-state index in [-0.39, 0.29) is 12.5 Å². The highest BCUT2D eigenvalue weighted by atomic mass is 16.5. The van der Waals surface area contributed by atoms with Crippen molar-refractivity contribution in [1.29, 1.82) is 0 Å². The van der Waals surface area contributed by atoms with Gasteiger partial charge in [0.2, 0.25) is 0 Å². The topological polar surface area (TPSA) is 69.0 Å². The van der Waals surface area contributed by atoms with Crippen LogP contribution >= 0.6 is 0 Å². The number of nitrogens with zero attached hydrogens (tertiary/aromatic N) is 3. The molecule has 128 valence electrons. The Morgan fingerprint density at radius 3 is 2.76 bits per heavy atom. The standard InChI is InChI=1S/C19H20N4O2/c1-13-7-8-17(14(2)9-13)25-11-18(24)21-16-6-4-5-15(10-16)19-22-20-12-23(19)3/h4-10,12H,11H2,1-3H3,(H,21,24). The molecule has 0 saturated heterocycles. The second-order valence-corrected chi connectivity index (χ2v) is 5.95. The second-order valence-electron chi connectivity index (χ2n) is 5.95. The number of aryl methyl sites for hydroxylation is 3. The zero-order chi connectivity index (χ0) is 17.8. The molecule has 0 aliphatic rings. The molecule has 0 aliphatic heterocycles. The zero-order valence-corrected chi connectivity index (χ0v) is 14.5. The molecule has 25 heavy (non-hydrogen) atoms. The summed E-state index contributed by atoms with van der Waals surface area (Å²) in [6, 6.07) is 13.3. The minimum Gasteiger partial charge on any atom is -0.483 e. The molecule has 6 heteroatoms. The van der Waals surface area contributed by atoms with E-state index >= 15 is 0 Å². The summed E-state index contributed by atoms with van der Waals surface area (Å²) in [5, 5.41) is 10.8. The summed E-state index contributed by atoms with van der Waals surface area (Å²) in [5.74, 6) is 1.24. The summed E-state index contributed by atoms with van der Waals surface area (Å²) in [6.45, 7) is 3.94. The van der Waals surface area contributed by atoms with Gasteiger partial charge in [-0.05, 0) is 37.6 Å². The smallest absolute Gasteiger partial charge is 0.262 e. The number of nitrogens with one attached hydrogen (secondary N) is 1. The Labute approximate surface area is 146 Å². The molecule has 1 amide bonds. The third-order valence-corrected chi connectivity index (χ3v) is 3.81. The van der Waals surface area contributed by atoms with Crippen LogP contribution in [0.3, 0.4) is 0 Å².